The van der Waals surface area contributed by atoms with Crippen LogP contribution in [0.1, 0.15) is 42.2 Å². The first-order valence-corrected chi connectivity index (χ1v) is 13.7. The first-order chi connectivity index (χ1) is 17.6. The van der Waals surface area contributed by atoms with Crippen LogP contribution >= 0.6 is 19.8 Å². The average molecular weight is 543 g/mol. The van der Waals surface area contributed by atoms with Gasteiger partial charge in [-0.1, -0.05) is 44.3 Å². The molecule has 1 aliphatic heterocycles. The van der Waals surface area contributed by atoms with E-state index < -0.39 is 68.4 Å². The van der Waals surface area contributed by atoms with Gasteiger partial charge >= 0.3 is 19.3 Å². The Morgan fingerprint density at radius 1 is 1.33 bits per heavy atom. The van der Waals surface area contributed by atoms with Crippen LogP contribution in [0.15, 0.2) is 41.3 Å². The highest BCUT2D eigenvalue weighted by Gasteiger charge is 2.44. The van der Waals surface area contributed by atoms with Crippen LogP contribution in [0.4, 0.5) is 0 Å². The average Bonchev–Trinajstić information content (AvgIpc) is 3.11. The lowest BCUT2D eigenvalue weighted by atomic mass is 10.0. The number of carbonyl (C=O) groups excluding carboxylic acids is 1. The molecule has 0 bridgehead atoms. The lowest BCUT2D eigenvalue weighted by Gasteiger charge is -2.24. The monoisotopic (exact) mass is 542 g/mol. The number of H-pyrrole nitrogens is 1. The lowest BCUT2D eigenvalue weighted by Crippen LogP contribution is -2.31. The van der Waals surface area contributed by atoms with Crippen LogP contribution in [0.5, 0.6) is 5.75 Å². The number of hydrogen-bond acceptors (Lipinski definition) is 9. The Morgan fingerprint density at radius 3 is 2.64 bits per heavy atom. The summed E-state index contributed by atoms with van der Waals surface area (Å²) in [5.74, 6) is -2.23. The number of para-hydroxylation sites is 1. The molecule has 0 saturated carbocycles. The predicted molar refractivity (Wildman–Crippen MR) is 136 cm³/mol. The minimum absolute atomic E-state index is 0.136. The molecule has 2 aromatic rings. The molecule has 3 rings (SSSR count). The third kappa shape index (κ3) is 6.92. The molecule has 1 saturated heterocycles. The molecule has 0 amide bonds. The van der Waals surface area contributed by atoms with Gasteiger partial charge in [0.15, 0.2) is 0 Å². The predicted octanol–water partition coefficient (Wildman–Crippen LogP) is 3.99. The molecule has 1 aromatic carbocycles. The number of ether oxygens (including phenoxy) is 2. The van der Waals surface area contributed by atoms with Crippen molar-refractivity contribution in [1.82, 2.24) is 9.55 Å². The second-order valence-corrected chi connectivity index (χ2v) is 11.4. The van der Waals surface area contributed by atoms with Crippen molar-refractivity contribution in [2.75, 3.05) is 12.7 Å². The van der Waals surface area contributed by atoms with E-state index in [4.69, 9.17) is 33.5 Å². The van der Waals surface area contributed by atoms with Gasteiger partial charge in [0.25, 0.3) is 0 Å². The Morgan fingerprint density at radius 2 is 2.00 bits per heavy atom. The zero-order valence-electron chi connectivity index (χ0n) is 22.7. The Balaban J connectivity index is 1.90. The van der Waals surface area contributed by atoms with Crippen LogP contribution in [0.2, 0.25) is 0 Å². The van der Waals surface area contributed by atoms with E-state index in [2.05, 4.69) is 4.98 Å². The van der Waals surface area contributed by atoms with Crippen molar-refractivity contribution < 1.29 is 35.7 Å². The molecule has 1 aliphatic rings. The van der Waals surface area contributed by atoms with Gasteiger partial charge in [-0.3, -0.25) is 18.9 Å². The quantitative estimate of drug-likeness (QED) is 0.260. The summed E-state index contributed by atoms with van der Waals surface area (Å²) < 4.78 is 54.6. The van der Waals surface area contributed by atoms with Crippen molar-refractivity contribution in [3.05, 3.63) is 57.2 Å². The fraction of sp³-hybridized carbons (Fsp3) is 0.542. The van der Waals surface area contributed by atoms with Gasteiger partial charge in [-0.2, -0.15) is 0 Å². The normalized spacial score (nSPS) is 25.5. The number of rotatable bonds is 10. The van der Waals surface area contributed by atoms with Crippen molar-refractivity contribution in [2.24, 2.45) is 11.8 Å². The number of esters is 1. The van der Waals surface area contributed by atoms with E-state index in [1.165, 1.54) is 29.8 Å². The van der Waals surface area contributed by atoms with Crippen LogP contribution in [-0.2, 0) is 23.4 Å². The van der Waals surface area contributed by atoms with E-state index in [0.29, 0.717) is 5.56 Å². The van der Waals surface area contributed by atoms with Crippen LogP contribution in [0.3, 0.4) is 0 Å². The molecular weight excluding hydrogens is 507 g/mol. The Labute approximate surface area is 217 Å². The van der Waals surface area contributed by atoms with Gasteiger partial charge in [-0.05, 0) is 32.9 Å². The van der Waals surface area contributed by atoms with Crippen LogP contribution in [0.25, 0.3) is 0 Å². The summed E-state index contributed by atoms with van der Waals surface area (Å²) >= 11 is 5.08. The highest BCUT2D eigenvalue weighted by molar-refractivity contribution is 7.71. The molecule has 0 aliphatic carbocycles. The van der Waals surface area contributed by atoms with Gasteiger partial charge < -0.3 is 19.1 Å². The molecule has 2 unspecified atom stereocenters. The minimum Gasteiger partial charge on any atom is -0.463 e. The molecule has 2 N–H and O–H groups in total. The number of aliphatic hydroxyl groups is 1. The van der Waals surface area contributed by atoms with Gasteiger partial charge in [-0.15, -0.1) is 0 Å². The van der Waals surface area contributed by atoms with E-state index in [1.54, 1.807) is 45.9 Å². The molecule has 6 atom stereocenters. The van der Waals surface area contributed by atoms with Crippen molar-refractivity contribution in [1.29, 1.82) is 0 Å². The molecule has 0 spiro atoms. The summed E-state index contributed by atoms with van der Waals surface area (Å²) in [4.78, 5) is 27.5. The van der Waals surface area contributed by atoms with Crippen molar-refractivity contribution in [3.63, 3.8) is 0 Å². The van der Waals surface area contributed by atoms with Crippen LogP contribution in [0, 0.1) is 23.4 Å². The molecule has 10 nitrogen and oxygen atoms in total. The van der Waals surface area contributed by atoms with E-state index in [-0.39, 0.29) is 10.4 Å². The smallest absolute Gasteiger partial charge is 0.380 e. The van der Waals surface area contributed by atoms with Gasteiger partial charge in [0.05, 0.1) is 33.6 Å². The second-order valence-electron chi connectivity index (χ2n) is 9.07. The maximum Gasteiger partial charge on any atom is 0.380 e. The number of aliphatic hydroxyl groups excluding tert-OH is 1. The Hall–Kier alpha value is -2.30. The largest absolute Gasteiger partial charge is 0.463 e. The third-order valence-electron chi connectivity index (χ3n) is 5.55. The number of benzene rings is 1. The van der Waals surface area contributed by atoms with Crippen molar-refractivity contribution in [3.8, 4) is 5.75 Å². The molecule has 0 radical (unpaired) electrons. The number of nitrogens with zero attached hydrogens (tertiary/aromatic N) is 1. The maximum atomic E-state index is 13.9. The molecule has 12 heteroatoms. The van der Waals surface area contributed by atoms with Crippen LogP contribution in [-0.4, -0.2) is 51.7 Å². The molecule has 198 valence electrons. The molecular formula is C24H33N2O8PS. The van der Waals surface area contributed by atoms with Gasteiger partial charge in [-0.25, -0.2) is 9.36 Å². The minimum atomic E-state index is -4.39. The number of aromatic nitrogens is 2. The number of aromatic amines is 1. The molecule has 1 aromatic heterocycles. The summed E-state index contributed by atoms with van der Waals surface area (Å²) in [5.41, 5.74) is -0.0158. The number of hydrogen-bond donors (Lipinski definition) is 2. The summed E-state index contributed by atoms with van der Waals surface area (Å²) in [6.45, 7) is 5.23. The molecule has 36 heavy (non-hydrogen) atoms. The number of nitrogens with one attached hydrogen (secondary N) is 1. The first-order valence-electron chi connectivity index (χ1n) is 12.5. The highest BCUT2D eigenvalue weighted by atomic mass is 32.1. The number of carbonyl (C=O) groups is 1. The fourth-order valence-electron chi connectivity index (χ4n) is 3.62. The van der Waals surface area contributed by atoms with E-state index >= 15 is 0 Å². The zero-order valence-corrected chi connectivity index (χ0v) is 22.5. The first kappa shape index (κ1) is 25.4. The zero-order chi connectivity index (χ0) is 28.4. The summed E-state index contributed by atoms with van der Waals surface area (Å²) in [6, 6.07) is 7.99. The Bertz CT molecular complexity index is 1300. The lowest BCUT2D eigenvalue weighted by molar-refractivity contribution is -0.151. The summed E-state index contributed by atoms with van der Waals surface area (Å²) in [7, 11) is -4.39. The topological polar surface area (TPSA) is 129 Å². The molecule has 1 fully saturated rings. The van der Waals surface area contributed by atoms with E-state index in [1.807, 2.05) is 0 Å². The maximum absolute atomic E-state index is 13.9. The SMILES string of the molecule is [2H]C([2H])(OP(=O)(C[C@@H](C)C(=O)OC(C)C)Oc1ccccc1)[C@@H]1O[C@H](n2cc(C)c(=S)[nH]c2=O)[C@H](C)C1O. The Kier molecular flexibility index (Phi) is 8.33. The molecule has 2 heterocycles. The van der Waals surface area contributed by atoms with E-state index in [9.17, 15) is 19.3 Å². The number of aryl methyl sites for hydroxylation is 1. The second kappa shape index (κ2) is 11.8. The third-order valence-corrected chi connectivity index (χ3v) is 7.84. The van der Waals surface area contributed by atoms with Crippen molar-refractivity contribution in [2.45, 2.75) is 59.2 Å². The summed E-state index contributed by atoms with van der Waals surface area (Å²) in [6.07, 6.45) is -3.61. The van der Waals surface area contributed by atoms with Gasteiger partial charge in [0.1, 0.15) is 22.7 Å². The fourth-order valence-corrected chi connectivity index (χ4v) is 5.47. The standard InChI is InChI=1S/C24H33N2O8PS/c1-14(2)32-23(28)16(4)13-35(30,34-18-9-7-6-8-10-18)31-12-19-20(27)17(5)22(33-19)26-11-15(3)21(36)25-24(26)29/h6-11,14,16-17,19-20,22,27H,12-13H2,1-5H3,(H,25,29,36)/t16-,17-,19+,20?,22+,35?/m1/s1/i12D2. The van der Waals surface area contributed by atoms with Crippen molar-refractivity contribution >= 4 is 25.8 Å². The van der Waals surface area contributed by atoms with Gasteiger partial charge in [0.2, 0.25) is 0 Å². The van der Waals surface area contributed by atoms with E-state index in [0.717, 1.165) is 0 Å². The van der Waals surface area contributed by atoms with Gasteiger partial charge in [0, 0.05) is 17.7 Å². The van der Waals surface area contributed by atoms with Crippen LogP contribution < -0.4 is 10.2 Å². The summed E-state index contributed by atoms with van der Waals surface area (Å²) in [5, 5.41) is 10.9. The highest BCUT2D eigenvalue weighted by Crippen LogP contribution is 2.51.